The second kappa shape index (κ2) is 8.59. The maximum absolute atomic E-state index is 11.3. The summed E-state index contributed by atoms with van der Waals surface area (Å²) in [4.78, 5) is 20.0. The molecule has 0 aliphatic carbocycles. The van der Waals surface area contributed by atoms with Crippen molar-refractivity contribution in [3.8, 4) is 0 Å². The lowest BCUT2D eigenvalue weighted by molar-refractivity contribution is 0.0494. The van der Waals surface area contributed by atoms with Crippen LogP contribution in [0.4, 0.5) is 9.59 Å². The Morgan fingerprint density at radius 2 is 1.75 bits per heavy atom. The molecule has 0 spiro atoms. The molecule has 20 heavy (non-hydrogen) atoms. The highest BCUT2D eigenvalue weighted by Gasteiger charge is 2.18. The van der Waals surface area contributed by atoms with Crippen LogP contribution in [0, 0.1) is 0 Å². The van der Waals surface area contributed by atoms with Gasteiger partial charge in [0.1, 0.15) is 5.60 Å². The van der Waals surface area contributed by atoms with Crippen molar-refractivity contribution >= 4 is 22.3 Å². The van der Waals surface area contributed by atoms with Crippen LogP contribution in [0.25, 0.3) is 0 Å². The number of hydrogen-bond acceptors (Lipinski definition) is 6. The first-order chi connectivity index (χ1) is 8.73. The molecule has 0 fully saturated rings. The zero-order valence-electron chi connectivity index (χ0n) is 12.2. The van der Waals surface area contributed by atoms with E-state index >= 15 is 0 Å². The van der Waals surface area contributed by atoms with Gasteiger partial charge in [0.15, 0.2) is 0 Å². The molecule has 0 radical (unpaired) electrons. The Bertz CT molecular complexity index is 410. The van der Waals surface area contributed by atoms with Crippen LogP contribution in [0.5, 0.6) is 0 Å². The van der Waals surface area contributed by atoms with E-state index in [1.54, 1.807) is 27.7 Å². The van der Waals surface area contributed by atoms with Crippen LogP contribution < -0.4 is 11.1 Å². The third-order valence-corrected chi connectivity index (χ3v) is 1.86. The van der Waals surface area contributed by atoms with Crippen LogP contribution in [0.3, 0.4) is 0 Å². The number of amides is 2. The van der Waals surface area contributed by atoms with Gasteiger partial charge < -0.3 is 20.9 Å². The summed E-state index contributed by atoms with van der Waals surface area (Å²) in [5, 5.41) is 9.65. The molecule has 0 bridgehead atoms. The summed E-state index contributed by atoms with van der Waals surface area (Å²) in [5.41, 5.74) is 3.45. The van der Waals surface area contributed by atoms with E-state index in [1.165, 1.54) is 0 Å². The van der Waals surface area contributed by atoms with E-state index in [0.717, 1.165) is 6.26 Å². The summed E-state index contributed by atoms with van der Waals surface area (Å²) in [6.07, 6.45) is -0.982. The highest BCUT2D eigenvalue weighted by molar-refractivity contribution is 7.85. The minimum atomic E-state index is -3.48. The number of nitrogens with two attached hydrogens (primary N) is 1. The largest absolute Gasteiger partial charge is 0.465 e. The molecule has 2 amide bonds. The van der Waals surface area contributed by atoms with Crippen LogP contribution in [0.2, 0.25) is 0 Å². The average Bonchev–Trinajstić information content (AvgIpc) is 2.09. The highest BCUT2D eigenvalue weighted by Crippen LogP contribution is 2.06. The number of hydrogen-bond donors (Lipinski definition) is 3. The standard InChI is InChI=1S/C9H19NO5S.CH3NO2/c1-7(6-14-16(5,12)13)10-8(11)15-9(2,3)4;2-1(3)4/h7H,6H2,1-5H3,(H,10,11);2H2,(H,3,4). The summed E-state index contributed by atoms with van der Waals surface area (Å²) in [6, 6.07) is -0.440. The van der Waals surface area contributed by atoms with Crippen molar-refractivity contribution in [1.82, 2.24) is 5.32 Å². The molecule has 0 aliphatic rings. The van der Waals surface area contributed by atoms with Crippen LogP contribution in [-0.2, 0) is 19.0 Å². The number of carbonyl (C=O) groups excluding carboxylic acids is 1. The van der Waals surface area contributed by atoms with Gasteiger partial charge in [-0.15, -0.1) is 0 Å². The van der Waals surface area contributed by atoms with Crippen LogP contribution in [-0.4, -0.2) is 50.2 Å². The number of carboxylic acid groups (broad SMARTS) is 1. The number of alkyl carbamates (subject to hydrolysis) is 1. The summed E-state index contributed by atoms with van der Waals surface area (Å²) in [5.74, 6) is 0. The van der Waals surface area contributed by atoms with Crippen molar-refractivity contribution < 1.29 is 32.0 Å². The molecule has 0 rings (SSSR count). The van der Waals surface area contributed by atoms with E-state index in [-0.39, 0.29) is 6.61 Å². The zero-order chi connectivity index (χ0) is 16.6. The van der Waals surface area contributed by atoms with E-state index in [0.29, 0.717) is 0 Å². The van der Waals surface area contributed by atoms with E-state index in [9.17, 15) is 13.2 Å². The van der Waals surface area contributed by atoms with Crippen molar-refractivity contribution in [1.29, 1.82) is 0 Å². The predicted octanol–water partition coefficient (Wildman–Crippen LogP) is 0.499. The van der Waals surface area contributed by atoms with Gasteiger partial charge in [0.05, 0.1) is 18.9 Å². The Labute approximate surface area is 118 Å². The average molecular weight is 314 g/mol. The molecular formula is C10H22N2O7S. The lowest BCUT2D eigenvalue weighted by atomic mass is 10.2. The Morgan fingerprint density at radius 3 is 2.05 bits per heavy atom. The summed E-state index contributed by atoms with van der Waals surface area (Å²) >= 11 is 0. The minimum Gasteiger partial charge on any atom is -0.465 e. The number of rotatable bonds is 4. The van der Waals surface area contributed by atoms with E-state index in [1.807, 2.05) is 0 Å². The van der Waals surface area contributed by atoms with Gasteiger partial charge in [-0.2, -0.15) is 8.42 Å². The van der Waals surface area contributed by atoms with Crippen molar-refractivity contribution in [3.05, 3.63) is 0 Å². The van der Waals surface area contributed by atoms with Crippen molar-refractivity contribution in [2.45, 2.75) is 39.3 Å². The molecule has 10 heteroatoms. The smallest absolute Gasteiger partial charge is 0.407 e. The van der Waals surface area contributed by atoms with Crippen molar-refractivity contribution in [2.24, 2.45) is 5.73 Å². The molecule has 9 nitrogen and oxygen atoms in total. The SMILES string of the molecule is CC(COS(C)(=O)=O)NC(=O)OC(C)(C)C.NC(=O)O. The van der Waals surface area contributed by atoms with Gasteiger partial charge >= 0.3 is 12.2 Å². The molecule has 0 aromatic heterocycles. The van der Waals surface area contributed by atoms with Crippen LogP contribution >= 0.6 is 0 Å². The number of nitrogens with one attached hydrogen (secondary N) is 1. The topological polar surface area (TPSA) is 145 Å². The van der Waals surface area contributed by atoms with Gasteiger partial charge in [-0.05, 0) is 27.7 Å². The van der Waals surface area contributed by atoms with Crippen LogP contribution in [0.15, 0.2) is 0 Å². The van der Waals surface area contributed by atoms with E-state index in [4.69, 9.17) is 14.6 Å². The molecule has 0 saturated carbocycles. The fourth-order valence-electron chi connectivity index (χ4n) is 0.776. The molecule has 0 heterocycles. The number of ether oxygens (including phenoxy) is 1. The molecule has 1 atom stereocenters. The molecule has 0 aliphatic heterocycles. The normalized spacial score (nSPS) is 12.7. The lowest BCUT2D eigenvalue weighted by Gasteiger charge is -2.21. The van der Waals surface area contributed by atoms with Gasteiger partial charge in [0, 0.05) is 0 Å². The number of primary amides is 1. The third kappa shape index (κ3) is 21.7. The summed E-state index contributed by atoms with van der Waals surface area (Å²) in [7, 11) is -3.48. The van der Waals surface area contributed by atoms with Gasteiger partial charge in [0.2, 0.25) is 0 Å². The zero-order valence-corrected chi connectivity index (χ0v) is 13.0. The molecule has 0 aromatic carbocycles. The fourth-order valence-corrected chi connectivity index (χ4v) is 1.23. The molecule has 0 aromatic rings. The molecular weight excluding hydrogens is 292 g/mol. The first-order valence-corrected chi connectivity index (χ1v) is 7.37. The molecule has 120 valence electrons. The summed E-state index contributed by atoms with van der Waals surface area (Å²) < 4.78 is 30.9. The summed E-state index contributed by atoms with van der Waals surface area (Å²) in [6.45, 7) is 6.73. The molecule has 1 unspecified atom stereocenters. The quantitative estimate of drug-likeness (QED) is 0.640. The van der Waals surface area contributed by atoms with Gasteiger partial charge in [-0.1, -0.05) is 0 Å². The van der Waals surface area contributed by atoms with Gasteiger partial charge in [-0.25, -0.2) is 9.59 Å². The Balaban J connectivity index is 0. The van der Waals surface area contributed by atoms with Gasteiger partial charge in [0.25, 0.3) is 10.1 Å². The Morgan fingerprint density at radius 1 is 1.35 bits per heavy atom. The highest BCUT2D eigenvalue weighted by atomic mass is 32.2. The third-order valence-electron chi connectivity index (χ3n) is 1.30. The first-order valence-electron chi connectivity index (χ1n) is 5.55. The monoisotopic (exact) mass is 314 g/mol. The minimum absolute atomic E-state index is 0.113. The van der Waals surface area contributed by atoms with E-state index in [2.05, 4.69) is 15.2 Å². The lowest BCUT2D eigenvalue weighted by Crippen LogP contribution is -2.40. The van der Waals surface area contributed by atoms with Crippen molar-refractivity contribution in [2.75, 3.05) is 12.9 Å². The molecule has 4 N–H and O–H groups in total. The Hall–Kier alpha value is -1.55. The predicted molar refractivity (Wildman–Crippen MR) is 71.8 cm³/mol. The molecule has 0 saturated heterocycles. The first kappa shape index (κ1) is 20.8. The maximum Gasteiger partial charge on any atom is 0.407 e. The fraction of sp³-hybridized carbons (Fsp3) is 0.800. The van der Waals surface area contributed by atoms with Crippen LogP contribution in [0.1, 0.15) is 27.7 Å². The van der Waals surface area contributed by atoms with Gasteiger partial charge in [-0.3, -0.25) is 4.18 Å². The Kier molecular flexibility index (Phi) is 8.91. The number of carbonyl (C=O) groups is 2. The van der Waals surface area contributed by atoms with Crippen molar-refractivity contribution in [3.63, 3.8) is 0 Å². The van der Waals surface area contributed by atoms with E-state index < -0.39 is 33.9 Å². The maximum atomic E-state index is 11.3. The second-order valence-electron chi connectivity index (χ2n) is 4.87. The second-order valence-corrected chi connectivity index (χ2v) is 6.52.